The molecule has 0 saturated heterocycles. The molecule has 0 atom stereocenters. The third kappa shape index (κ3) is 3.43. The van der Waals surface area contributed by atoms with Crippen molar-refractivity contribution in [2.75, 3.05) is 5.32 Å². The summed E-state index contributed by atoms with van der Waals surface area (Å²) < 4.78 is 0. The number of carbonyl (C=O) groups excluding carboxylic acids is 1. The molecule has 3 rings (SSSR count). The van der Waals surface area contributed by atoms with Gasteiger partial charge in [0.25, 0.3) is 5.91 Å². The summed E-state index contributed by atoms with van der Waals surface area (Å²) in [6.07, 6.45) is 3.48. The summed E-state index contributed by atoms with van der Waals surface area (Å²) in [7, 11) is 0. The van der Waals surface area contributed by atoms with Gasteiger partial charge in [-0.05, 0) is 36.6 Å². The van der Waals surface area contributed by atoms with Crippen molar-refractivity contribution in [1.29, 1.82) is 0 Å². The van der Waals surface area contributed by atoms with E-state index in [1.54, 1.807) is 12.1 Å². The Hall–Kier alpha value is -1.85. The fourth-order valence-corrected chi connectivity index (χ4v) is 2.11. The molecule has 1 aliphatic rings. The highest BCUT2D eigenvalue weighted by Crippen LogP contribution is 2.26. The van der Waals surface area contributed by atoms with Crippen molar-refractivity contribution < 1.29 is 4.79 Å². The highest BCUT2D eigenvalue weighted by atomic mass is 35.5. The van der Waals surface area contributed by atoms with Crippen LogP contribution in [0.15, 0.2) is 30.5 Å². The summed E-state index contributed by atoms with van der Waals surface area (Å²) in [5, 5.41) is 6.39. The van der Waals surface area contributed by atoms with Gasteiger partial charge < -0.3 is 10.6 Å². The number of benzene rings is 1. The minimum Gasteiger partial charge on any atom is -0.349 e. The molecule has 0 bridgehead atoms. The molecule has 0 aliphatic heterocycles. The number of hydrogen-bond acceptors (Lipinski definition) is 4. The molecular weight excluding hydrogens is 311 g/mol. The zero-order valence-corrected chi connectivity index (χ0v) is 12.4. The Morgan fingerprint density at radius 2 is 2.00 bits per heavy atom. The topological polar surface area (TPSA) is 66.9 Å². The van der Waals surface area contributed by atoms with Gasteiger partial charge >= 0.3 is 0 Å². The maximum absolute atomic E-state index is 12.2. The number of halogens is 2. The molecule has 108 valence electrons. The van der Waals surface area contributed by atoms with E-state index in [9.17, 15) is 4.79 Å². The summed E-state index contributed by atoms with van der Waals surface area (Å²) in [6, 6.07) is 7.46. The van der Waals surface area contributed by atoms with Crippen LogP contribution >= 0.6 is 23.2 Å². The highest BCUT2D eigenvalue weighted by Gasteiger charge is 2.24. The second-order valence-electron chi connectivity index (χ2n) is 4.75. The summed E-state index contributed by atoms with van der Waals surface area (Å²) in [5.74, 6) is 0.250. The van der Waals surface area contributed by atoms with Crippen molar-refractivity contribution in [3.63, 3.8) is 0 Å². The van der Waals surface area contributed by atoms with Crippen LogP contribution in [0, 0.1) is 0 Å². The predicted molar refractivity (Wildman–Crippen MR) is 82.3 cm³/mol. The molecule has 0 radical (unpaired) electrons. The van der Waals surface area contributed by atoms with E-state index in [1.807, 2.05) is 12.1 Å². The molecule has 0 unspecified atom stereocenters. The number of anilines is 2. The van der Waals surface area contributed by atoms with E-state index in [0.717, 1.165) is 12.8 Å². The standard InChI is InChI=1S/C14H12Cl2N4O/c15-10-7-17-14(16)20-12(10)19-11-4-2-1-3-9(11)13(21)18-8-5-6-8/h1-4,7-8H,5-6H2,(H,18,21)(H,17,19,20). The average molecular weight is 323 g/mol. The molecule has 1 aliphatic carbocycles. The lowest BCUT2D eigenvalue weighted by atomic mass is 10.1. The first-order chi connectivity index (χ1) is 10.1. The van der Waals surface area contributed by atoms with Crippen LogP contribution < -0.4 is 10.6 Å². The molecule has 21 heavy (non-hydrogen) atoms. The van der Waals surface area contributed by atoms with Crippen LogP contribution in [-0.4, -0.2) is 21.9 Å². The van der Waals surface area contributed by atoms with Crippen LogP contribution in [0.25, 0.3) is 0 Å². The van der Waals surface area contributed by atoms with E-state index in [1.165, 1.54) is 6.20 Å². The molecule has 1 fully saturated rings. The first-order valence-corrected chi connectivity index (χ1v) is 7.24. The Morgan fingerprint density at radius 3 is 2.76 bits per heavy atom. The van der Waals surface area contributed by atoms with Gasteiger partial charge in [0.2, 0.25) is 5.28 Å². The second kappa shape index (κ2) is 5.87. The fourth-order valence-electron chi connectivity index (χ4n) is 1.84. The van der Waals surface area contributed by atoms with E-state index in [2.05, 4.69) is 20.6 Å². The Kier molecular flexibility index (Phi) is 3.94. The van der Waals surface area contributed by atoms with Gasteiger partial charge in [0, 0.05) is 6.04 Å². The molecule has 2 N–H and O–H groups in total. The summed E-state index contributed by atoms with van der Waals surface area (Å²) in [5.41, 5.74) is 1.16. The number of para-hydroxylation sites is 1. The first kappa shape index (κ1) is 14.1. The van der Waals surface area contributed by atoms with Crippen molar-refractivity contribution in [2.45, 2.75) is 18.9 Å². The molecule has 1 heterocycles. The van der Waals surface area contributed by atoms with Gasteiger partial charge in [-0.2, -0.15) is 4.98 Å². The third-order valence-corrected chi connectivity index (χ3v) is 3.51. The van der Waals surface area contributed by atoms with Crippen molar-refractivity contribution in [3.8, 4) is 0 Å². The first-order valence-electron chi connectivity index (χ1n) is 6.48. The Balaban J connectivity index is 1.87. The van der Waals surface area contributed by atoms with Crippen LogP contribution in [0.2, 0.25) is 10.3 Å². The number of nitrogens with one attached hydrogen (secondary N) is 2. The van der Waals surface area contributed by atoms with Crippen LogP contribution in [0.1, 0.15) is 23.2 Å². The third-order valence-electron chi connectivity index (χ3n) is 3.05. The van der Waals surface area contributed by atoms with Crippen molar-refractivity contribution in [3.05, 3.63) is 46.3 Å². The fraction of sp³-hybridized carbons (Fsp3) is 0.214. The zero-order valence-electron chi connectivity index (χ0n) is 10.9. The van der Waals surface area contributed by atoms with E-state index >= 15 is 0 Å². The van der Waals surface area contributed by atoms with Gasteiger partial charge in [0.05, 0.1) is 17.4 Å². The van der Waals surface area contributed by atoms with Gasteiger partial charge in [0.15, 0.2) is 5.82 Å². The number of carbonyl (C=O) groups is 1. The van der Waals surface area contributed by atoms with Gasteiger partial charge in [-0.1, -0.05) is 23.7 Å². The van der Waals surface area contributed by atoms with Gasteiger partial charge in [-0.3, -0.25) is 4.79 Å². The SMILES string of the molecule is O=C(NC1CC1)c1ccccc1Nc1nc(Cl)ncc1Cl. The molecule has 1 amide bonds. The number of rotatable bonds is 4. The molecule has 5 nitrogen and oxygen atoms in total. The summed E-state index contributed by atoms with van der Waals surface area (Å²) in [6.45, 7) is 0. The predicted octanol–water partition coefficient (Wildman–Crippen LogP) is 3.42. The minimum absolute atomic E-state index is 0.0850. The number of amides is 1. The molecule has 7 heteroatoms. The van der Waals surface area contributed by atoms with Gasteiger partial charge in [-0.25, -0.2) is 4.98 Å². The number of aromatic nitrogens is 2. The van der Waals surface area contributed by atoms with Crippen LogP contribution in [0.4, 0.5) is 11.5 Å². The highest BCUT2D eigenvalue weighted by molar-refractivity contribution is 6.33. The normalized spacial score (nSPS) is 13.8. The summed E-state index contributed by atoms with van der Waals surface area (Å²) >= 11 is 11.8. The second-order valence-corrected chi connectivity index (χ2v) is 5.50. The number of hydrogen-bond donors (Lipinski definition) is 2. The lowest BCUT2D eigenvalue weighted by molar-refractivity contribution is 0.0952. The molecule has 2 aromatic rings. The Labute approximate surface area is 131 Å². The average Bonchev–Trinajstić information content (AvgIpc) is 3.27. The van der Waals surface area contributed by atoms with Gasteiger partial charge in [0.1, 0.15) is 5.02 Å². The van der Waals surface area contributed by atoms with Crippen LogP contribution in [0.3, 0.4) is 0 Å². The maximum Gasteiger partial charge on any atom is 0.253 e. The van der Waals surface area contributed by atoms with Crippen molar-refractivity contribution in [1.82, 2.24) is 15.3 Å². The lowest BCUT2D eigenvalue weighted by Crippen LogP contribution is -2.26. The molecular formula is C14H12Cl2N4O. The monoisotopic (exact) mass is 322 g/mol. The van der Waals surface area contributed by atoms with E-state index in [0.29, 0.717) is 28.1 Å². The quantitative estimate of drug-likeness (QED) is 0.846. The summed E-state index contributed by atoms with van der Waals surface area (Å²) in [4.78, 5) is 20.0. The van der Waals surface area contributed by atoms with E-state index < -0.39 is 0 Å². The van der Waals surface area contributed by atoms with Crippen molar-refractivity contribution in [2.24, 2.45) is 0 Å². The molecule has 1 saturated carbocycles. The van der Waals surface area contributed by atoms with E-state index in [4.69, 9.17) is 23.2 Å². The molecule has 0 spiro atoms. The van der Waals surface area contributed by atoms with Crippen LogP contribution in [-0.2, 0) is 0 Å². The maximum atomic E-state index is 12.2. The molecule has 1 aromatic carbocycles. The minimum atomic E-state index is -0.114. The van der Waals surface area contributed by atoms with Gasteiger partial charge in [-0.15, -0.1) is 0 Å². The Bertz CT molecular complexity index is 688. The smallest absolute Gasteiger partial charge is 0.253 e. The van der Waals surface area contributed by atoms with Crippen LogP contribution in [0.5, 0.6) is 0 Å². The Morgan fingerprint density at radius 1 is 1.24 bits per heavy atom. The zero-order chi connectivity index (χ0) is 14.8. The number of nitrogens with zero attached hydrogens (tertiary/aromatic N) is 2. The van der Waals surface area contributed by atoms with Crippen molar-refractivity contribution >= 4 is 40.6 Å². The molecule has 1 aromatic heterocycles. The lowest BCUT2D eigenvalue weighted by Gasteiger charge is -2.12. The largest absolute Gasteiger partial charge is 0.349 e. The van der Waals surface area contributed by atoms with E-state index in [-0.39, 0.29) is 11.2 Å².